The molecular weight excluding hydrogens is 266 g/mol. The third-order valence-electron chi connectivity index (χ3n) is 3.90. The van der Waals surface area contributed by atoms with Crippen LogP contribution >= 0.6 is 0 Å². The van der Waals surface area contributed by atoms with Crippen LogP contribution in [0.1, 0.15) is 18.4 Å². The molecule has 108 valence electrons. The maximum Gasteiger partial charge on any atom is 0.246 e. The van der Waals surface area contributed by atoms with Crippen molar-refractivity contribution in [1.82, 2.24) is 15.2 Å². The first-order valence-electron chi connectivity index (χ1n) is 7.03. The predicted octanol–water partition coefficient (Wildman–Crippen LogP) is 1.47. The standard InChI is InChI=1S/C16H17N3O2/c1-19-14(20)8-7-13(16(19)21)18-10-12-5-2-4-11-6-3-9-17-15(11)12/h2-6,9,13,18H,7-8,10H2,1H3. The summed E-state index contributed by atoms with van der Waals surface area (Å²) in [4.78, 5) is 29.1. The zero-order valence-electron chi connectivity index (χ0n) is 11.9. The lowest BCUT2D eigenvalue weighted by Gasteiger charge is -2.28. The smallest absolute Gasteiger partial charge is 0.246 e. The molecule has 2 heterocycles. The van der Waals surface area contributed by atoms with Crippen LogP contribution in [0.5, 0.6) is 0 Å². The number of carbonyl (C=O) groups is 2. The van der Waals surface area contributed by atoms with E-state index in [-0.39, 0.29) is 17.9 Å². The van der Waals surface area contributed by atoms with Gasteiger partial charge in [0.15, 0.2) is 0 Å². The van der Waals surface area contributed by atoms with Gasteiger partial charge >= 0.3 is 0 Å². The zero-order chi connectivity index (χ0) is 14.8. The topological polar surface area (TPSA) is 62.3 Å². The first kappa shape index (κ1) is 13.7. The minimum absolute atomic E-state index is 0.107. The van der Waals surface area contributed by atoms with Crippen molar-refractivity contribution in [2.24, 2.45) is 0 Å². The largest absolute Gasteiger partial charge is 0.302 e. The molecule has 1 aromatic heterocycles. The molecule has 1 aliphatic rings. The Kier molecular flexibility index (Phi) is 3.66. The molecule has 1 N–H and O–H groups in total. The number of aromatic nitrogens is 1. The van der Waals surface area contributed by atoms with E-state index in [1.165, 1.54) is 11.9 Å². The number of benzene rings is 1. The molecule has 2 amide bonds. The van der Waals surface area contributed by atoms with Gasteiger partial charge in [-0.1, -0.05) is 24.3 Å². The van der Waals surface area contributed by atoms with Gasteiger partial charge in [-0.05, 0) is 18.1 Å². The van der Waals surface area contributed by atoms with Crippen LogP contribution in [0.4, 0.5) is 0 Å². The van der Waals surface area contributed by atoms with Crippen molar-refractivity contribution >= 4 is 22.7 Å². The van der Waals surface area contributed by atoms with Crippen molar-refractivity contribution in [2.45, 2.75) is 25.4 Å². The van der Waals surface area contributed by atoms with Crippen LogP contribution in [-0.2, 0) is 16.1 Å². The number of rotatable bonds is 3. The summed E-state index contributed by atoms with van der Waals surface area (Å²) in [5, 5.41) is 4.33. The Balaban J connectivity index is 1.75. The Labute approximate surface area is 123 Å². The van der Waals surface area contributed by atoms with Crippen LogP contribution in [-0.4, -0.2) is 34.8 Å². The Hall–Kier alpha value is -2.27. The van der Waals surface area contributed by atoms with Crippen molar-refractivity contribution in [3.63, 3.8) is 0 Å². The van der Waals surface area contributed by atoms with E-state index in [1.54, 1.807) is 6.20 Å². The van der Waals surface area contributed by atoms with Gasteiger partial charge in [-0.25, -0.2) is 0 Å². The number of nitrogens with zero attached hydrogens (tertiary/aromatic N) is 2. The highest BCUT2D eigenvalue weighted by Gasteiger charge is 2.31. The van der Waals surface area contributed by atoms with E-state index in [1.807, 2.05) is 30.3 Å². The molecular formula is C16H17N3O2. The van der Waals surface area contributed by atoms with Crippen LogP contribution in [0.3, 0.4) is 0 Å². The van der Waals surface area contributed by atoms with Gasteiger partial charge in [-0.15, -0.1) is 0 Å². The highest BCUT2D eigenvalue weighted by molar-refractivity contribution is 6.00. The van der Waals surface area contributed by atoms with Crippen molar-refractivity contribution in [1.29, 1.82) is 0 Å². The Bertz CT molecular complexity index is 693. The first-order valence-corrected chi connectivity index (χ1v) is 7.03. The quantitative estimate of drug-likeness (QED) is 0.867. The second kappa shape index (κ2) is 5.61. The van der Waals surface area contributed by atoms with E-state index in [4.69, 9.17) is 0 Å². The average molecular weight is 283 g/mol. The number of amides is 2. The van der Waals surface area contributed by atoms with Crippen LogP contribution in [0.15, 0.2) is 36.5 Å². The zero-order valence-corrected chi connectivity index (χ0v) is 11.9. The van der Waals surface area contributed by atoms with Crippen molar-refractivity contribution in [3.05, 3.63) is 42.1 Å². The molecule has 0 bridgehead atoms. The maximum atomic E-state index is 12.0. The fraction of sp³-hybridized carbons (Fsp3) is 0.312. The van der Waals surface area contributed by atoms with Gasteiger partial charge in [-0.3, -0.25) is 19.5 Å². The molecule has 1 aromatic carbocycles. The van der Waals surface area contributed by atoms with Gasteiger partial charge in [0.2, 0.25) is 11.8 Å². The number of hydrogen-bond donors (Lipinski definition) is 1. The number of likely N-dealkylation sites (N-methyl/N-ethyl adjacent to an activating group) is 1. The minimum Gasteiger partial charge on any atom is -0.302 e. The van der Waals surface area contributed by atoms with Gasteiger partial charge in [0, 0.05) is 31.6 Å². The second-order valence-electron chi connectivity index (χ2n) is 5.26. The molecule has 1 aliphatic heterocycles. The molecule has 21 heavy (non-hydrogen) atoms. The second-order valence-corrected chi connectivity index (χ2v) is 5.26. The number of para-hydroxylation sites is 1. The normalized spacial score (nSPS) is 19.3. The van der Waals surface area contributed by atoms with Crippen LogP contribution < -0.4 is 5.32 Å². The number of carbonyl (C=O) groups excluding carboxylic acids is 2. The molecule has 5 heteroatoms. The van der Waals surface area contributed by atoms with Crippen molar-refractivity contribution < 1.29 is 9.59 Å². The van der Waals surface area contributed by atoms with Gasteiger partial charge in [0.1, 0.15) is 0 Å². The minimum atomic E-state index is -0.299. The Morgan fingerprint density at radius 3 is 2.95 bits per heavy atom. The predicted molar refractivity (Wildman–Crippen MR) is 79.4 cm³/mol. The molecule has 5 nitrogen and oxygen atoms in total. The summed E-state index contributed by atoms with van der Waals surface area (Å²) < 4.78 is 0. The molecule has 1 saturated heterocycles. The third kappa shape index (κ3) is 2.64. The molecule has 1 fully saturated rings. The SMILES string of the molecule is CN1C(=O)CCC(NCc2cccc3cccnc23)C1=O. The van der Waals surface area contributed by atoms with E-state index in [2.05, 4.69) is 10.3 Å². The lowest BCUT2D eigenvalue weighted by atomic mass is 10.0. The molecule has 3 rings (SSSR count). The molecule has 1 atom stereocenters. The van der Waals surface area contributed by atoms with E-state index in [9.17, 15) is 9.59 Å². The molecule has 0 saturated carbocycles. The number of nitrogens with one attached hydrogen (secondary N) is 1. The summed E-state index contributed by atoms with van der Waals surface area (Å²) in [7, 11) is 1.54. The van der Waals surface area contributed by atoms with Crippen LogP contribution in [0, 0.1) is 0 Å². The molecule has 2 aromatic rings. The molecule has 0 spiro atoms. The highest BCUT2D eigenvalue weighted by atomic mass is 16.2. The van der Waals surface area contributed by atoms with E-state index < -0.39 is 0 Å². The highest BCUT2D eigenvalue weighted by Crippen LogP contribution is 2.17. The van der Waals surface area contributed by atoms with Gasteiger partial charge < -0.3 is 5.32 Å². The lowest BCUT2D eigenvalue weighted by molar-refractivity contribution is -0.148. The fourth-order valence-corrected chi connectivity index (χ4v) is 2.65. The lowest BCUT2D eigenvalue weighted by Crippen LogP contribution is -2.51. The van der Waals surface area contributed by atoms with Crippen LogP contribution in [0.25, 0.3) is 10.9 Å². The molecule has 0 radical (unpaired) electrons. The number of pyridine rings is 1. The average Bonchev–Trinajstić information content (AvgIpc) is 2.52. The molecule has 0 aliphatic carbocycles. The number of imide groups is 1. The summed E-state index contributed by atoms with van der Waals surface area (Å²) in [5.74, 6) is -0.260. The maximum absolute atomic E-state index is 12.0. The third-order valence-corrected chi connectivity index (χ3v) is 3.90. The Morgan fingerprint density at radius 2 is 2.10 bits per heavy atom. The Morgan fingerprint density at radius 1 is 1.29 bits per heavy atom. The summed E-state index contributed by atoms with van der Waals surface area (Å²) in [5.41, 5.74) is 2.00. The number of piperidine rings is 1. The summed E-state index contributed by atoms with van der Waals surface area (Å²) >= 11 is 0. The monoisotopic (exact) mass is 283 g/mol. The van der Waals surface area contributed by atoms with Gasteiger partial charge in [-0.2, -0.15) is 0 Å². The van der Waals surface area contributed by atoms with Crippen molar-refractivity contribution in [3.8, 4) is 0 Å². The summed E-state index contributed by atoms with van der Waals surface area (Å²) in [6.45, 7) is 0.562. The summed E-state index contributed by atoms with van der Waals surface area (Å²) in [6.07, 6.45) is 2.73. The number of likely N-dealkylation sites (tertiary alicyclic amines) is 1. The van der Waals surface area contributed by atoms with Crippen molar-refractivity contribution in [2.75, 3.05) is 7.05 Å². The summed E-state index contributed by atoms with van der Waals surface area (Å²) in [6, 6.07) is 9.63. The first-order chi connectivity index (χ1) is 10.2. The van der Waals surface area contributed by atoms with E-state index in [0.717, 1.165) is 16.5 Å². The van der Waals surface area contributed by atoms with Crippen LogP contribution in [0.2, 0.25) is 0 Å². The fourth-order valence-electron chi connectivity index (χ4n) is 2.65. The van der Waals surface area contributed by atoms with Gasteiger partial charge in [0.05, 0.1) is 11.6 Å². The number of hydrogen-bond acceptors (Lipinski definition) is 4. The van der Waals surface area contributed by atoms with E-state index >= 15 is 0 Å². The number of fused-ring (bicyclic) bond motifs is 1. The molecule has 1 unspecified atom stereocenters. The van der Waals surface area contributed by atoms with E-state index in [0.29, 0.717) is 19.4 Å². The van der Waals surface area contributed by atoms with Gasteiger partial charge in [0.25, 0.3) is 0 Å².